The Balaban J connectivity index is 2.02. The number of ether oxygens (including phenoxy) is 1. The number of rotatable bonds is 5. The van der Waals surface area contributed by atoms with E-state index >= 15 is 0 Å². The van der Waals surface area contributed by atoms with Crippen molar-refractivity contribution in [1.82, 2.24) is 14.4 Å². The molecule has 0 atom stereocenters. The lowest BCUT2D eigenvalue weighted by molar-refractivity contribution is 0.102. The summed E-state index contributed by atoms with van der Waals surface area (Å²) < 4.78 is 7.39. The van der Waals surface area contributed by atoms with Crippen LogP contribution < -0.4 is 10.1 Å². The minimum atomic E-state index is -0.232. The zero-order valence-corrected chi connectivity index (χ0v) is 14.0. The van der Waals surface area contributed by atoms with E-state index in [2.05, 4.69) is 15.3 Å². The normalized spacial score (nSPS) is 10.8. The zero-order chi connectivity index (χ0) is 17.1. The number of fused-ring (bicyclic) bond motifs is 1. The van der Waals surface area contributed by atoms with Gasteiger partial charge in [-0.05, 0) is 44.0 Å². The van der Waals surface area contributed by atoms with Gasteiger partial charge in [0.25, 0.3) is 5.91 Å². The quantitative estimate of drug-likeness (QED) is 0.782. The first-order chi connectivity index (χ1) is 11.6. The van der Waals surface area contributed by atoms with Gasteiger partial charge in [-0.2, -0.15) is 0 Å². The summed E-state index contributed by atoms with van der Waals surface area (Å²) in [5, 5.41) is 2.84. The molecule has 0 aliphatic rings. The van der Waals surface area contributed by atoms with Crippen molar-refractivity contribution in [2.45, 2.75) is 27.2 Å². The molecule has 1 amide bonds. The van der Waals surface area contributed by atoms with Crippen LogP contribution in [0.4, 0.5) is 5.82 Å². The smallest absolute Gasteiger partial charge is 0.275 e. The largest absolute Gasteiger partial charge is 0.490 e. The second-order valence-corrected chi connectivity index (χ2v) is 5.43. The molecule has 0 aromatic carbocycles. The maximum absolute atomic E-state index is 12.8. The maximum Gasteiger partial charge on any atom is 0.275 e. The molecule has 3 aromatic heterocycles. The Labute approximate surface area is 140 Å². The third-order valence-electron chi connectivity index (χ3n) is 3.69. The SMILES string of the molecule is CCOc1cccn2c(C(=O)Nc3ccc(C)cn3)c(CC)nc12. The first-order valence-electron chi connectivity index (χ1n) is 8.00. The minimum absolute atomic E-state index is 0.232. The van der Waals surface area contributed by atoms with Crippen LogP contribution in [0.15, 0.2) is 36.7 Å². The highest BCUT2D eigenvalue weighted by molar-refractivity contribution is 6.04. The zero-order valence-electron chi connectivity index (χ0n) is 14.0. The Hall–Kier alpha value is -2.89. The molecule has 124 valence electrons. The van der Waals surface area contributed by atoms with Crippen LogP contribution in [0.1, 0.15) is 35.6 Å². The molecule has 0 fully saturated rings. The molecule has 0 aliphatic carbocycles. The minimum Gasteiger partial charge on any atom is -0.490 e. The van der Waals surface area contributed by atoms with Crippen molar-refractivity contribution < 1.29 is 9.53 Å². The van der Waals surface area contributed by atoms with Crippen molar-refractivity contribution in [3.63, 3.8) is 0 Å². The molecule has 0 bridgehead atoms. The van der Waals surface area contributed by atoms with Gasteiger partial charge in [0.15, 0.2) is 11.4 Å². The van der Waals surface area contributed by atoms with Crippen molar-refractivity contribution >= 4 is 17.4 Å². The molecule has 0 saturated heterocycles. The van der Waals surface area contributed by atoms with E-state index < -0.39 is 0 Å². The number of hydrogen-bond donors (Lipinski definition) is 1. The lowest BCUT2D eigenvalue weighted by Gasteiger charge is -2.07. The average Bonchev–Trinajstić information content (AvgIpc) is 2.97. The van der Waals surface area contributed by atoms with Crippen molar-refractivity contribution in [1.29, 1.82) is 0 Å². The van der Waals surface area contributed by atoms with Crippen molar-refractivity contribution in [2.24, 2.45) is 0 Å². The summed E-state index contributed by atoms with van der Waals surface area (Å²) in [5.74, 6) is 0.954. The topological polar surface area (TPSA) is 68.5 Å². The Bertz CT molecular complexity index is 869. The highest BCUT2D eigenvalue weighted by Crippen LogP contribution is 2.23. The fourth-order valence-electron chi connectivity index (χ4n) is 2.56. The summed E-state index contributed by atoms with van der Waals surface area (Å²) in [7, 11) is 0. The molecule has 24 heavy (non-hydrogen) atoms. The lowest BCUT2D eigenvalue weighted by atomic mass is 10.2. The standard InChI is InChI=1S/C18H20N4O2/c1-4-13-16(18(23)21-15-9-8-12(3)11-19-15)22-10-6-7-14(24-5-2)17(22)20-13/h6-11H,4-5H2,1-3H3,(H,19,21,23). The summed E-state index contributed by atoms with van der Waals surface area (Å²) in [6, 6.07) is 7.40. The van der Waals surface area contributed by atoms with Gasteiger partial charge in [-0.3, -0.25) is 9.20 Å². The molecule has 1 N–H and O–H groups in total. The second kappa shape index (κ2) is 6.70. The highest BCUT2D eigenvalue weighted by Gasteiger charge is 2.20. The Morgan fingerprint density at radius 3 is 2.79 bits per heavy atom. The second-order valence-electron chi connectivity index (χ2n) is 5.43. The number of carbonyl (C=O) groups excluding carboxylic acids is 1. The number of aromatic nitrogens is 3. The van der Waals surface area contributed by atoms with E-state index in [0.29, 0.717) is 35.9 Å². The van der Waals surface area contributed by atoms with Crippen LogP contribution >= 0.6 is 0 Å². The average molecular weight is 324 g/mol. The number of imidazole rings is 1. The number of aryl methyl sites for hydroxylation is 2. The van der Waals surface area contributed by atoms with Crippen molar-refractivity contribution in [3.8, 4) is 5.75 Å². The van der Waals surface area contributed by atoms with Gasteiger partial charge in [-0.25, -0.2) is 9.97 Å². The van der Waals surface area contributed by atoms with E-state index in [4.69, 9.17) is 4.74 Å². The fourth-order valence-corrected chi connectivity index (χ4v) is 2.56. The molecule has 3 aromatic rings. The van der Waals surface area contributed by atoms with Gasteiger partial charge in [-0.15, -0.1) is 0 Å². The molecule has 0 saturated carbocycles. The Morgan fingerprint density at radius 1 is 1.29 bits per heavy atom. The van der Waals surface area contributed by atoms with E-state index in [1.165, 1.54) is 0 Å². The lowest BCUT2D eigenvalue weighted by Crippen LogP contribution is -2.17. The van der Waals surface area contributed by atoms with E-state index in [-0.39, 0.29) is 5.91 Å². The molecule has 0 unspecified atom stereocenters. The van der Waals surface area contributed by atoms with Crippen LogP contribution in [0.2, 0.25) is 0 Å². The molecule has 0 radical (unpaired) electrons. The number of anilines is 1. The Morgan fingerprint density at radius 2 is 2.12 bits per heavy atom. The Kier molecular flexibility index (Phi) is 4.46. The number of nitrogens with one attached hydrogen (secondary N) is 1. The predicted octanol–water partition coefficient (Wildman–Crippen LogP) is 3.25. The molecule has 0 spiro atoms. The van der Waals surface area contributed by atoms with E-state index in [1.54, 1.807) is 16.7 Å². The molecular weight excluding hydrogens is 304 g/mol. The highest BCUT2D eigenvalue weighted by atomic mass is 16.5. The van der Waals surface area contributed by atoms with Crippen molar-refractivity contribution in [2.75, 3.05) is 11.9 Å². The molecule has 3 rings (SSSR count). The van der Waals surface area contributed by atoms with Crippen LogP contribution in [-0.4, -0.2) is 26.9 Å². The van der Waals surface area contributed by atoms with E-state index in [9.17, 15) is 4.79 Å². The molecule has 3 heterocycles. The van der Waals surface area contributed by atoms with Gasteiger partial charge < -0.3 is 10.1 Å². The van der Waals surface area contributed by atoms with Crippen LogP contribution in [0.3, 0.4) is 0 Å². The summed E-state index contributed by atoms with van der Waals surface area (Å²) >= 11 is 0. The van der Waals surface area contributed by atoms with E-state index in [1.807, 2.05) is 45.2 Å². The molecule has 6 nitrogen and oxygen atoms in total. The van der Waals surface area contributed by atoms with Crippen molar-refractivity contribution in [3.05, 3.63) is 53.6 Å². The third-order valence-corrected chi connectivity index (χ3v) is 3.69. The monoisotopic (exact) mass is 324 g/mol. The summed E-state index contributed by atoms with van der Waals surface area (Å²) in [6.07, 6.45) is 4.19. The van der Waals surface area contributed by atoms with Gasteiger partial charge in [0.05, 0.1) is 12.3 Å². The first kappa shape index (κ1) is 16.0. The van der Waals surface area contributed by atoms with Gasteiger partial charge in [0, 0.05) is 12.4 Å². The van der Waals surface area contributed by atoms with Crippen LogP contribution in [0.25, 0.3) is 5.65 Å². The molecular formula is C18H20N4O2. The molecule has 6 heteroatoms. The van der Waals surface area contributed by atoms with Gasteiger partial charge in [-0.1, -0.05) is 13.0 Å². The summed E-state index contributed by atoms with van der Waals surface area (Å²) in [6.45, 7) is 6.39. The number of carbonyl (C=O) groups is 1. The molecule has 0 aliphatic heterocycles. The summed E-state index contributed by atoms with van der Waals surface area (Å²) in [4.78, 5) is 21.6. The fraction of sp³-hybridized carbons (Fsp3) is 0.278. The number of hydrogen-bond acceptors (Lipinski definition) is 4. The predicted molar refractivity (Wildman–Crippen MR) is 92.7 cm³/mol. The maximum atomic E-state index is 12.8. The van der Waals surface area contributed by atoms with E-state index in [0.717, 1.165) is 11.3 Å². The van der Waals surface area contributed by atoms with Crippen LogP contribution in [0.5, 0.6) is 5.75 Å². The van der Waals surface area contributed by atoms with Gasteiger partial charge in [0.1, 0.15) is 11.5 Å². The number of amides is 1. The van der Waals surface area contributed by atoms with Gasteiger partial charge >= 0.3 is 0 Å². The van der Waals surface area contributed by atoms with Crippen LogP contribution in [-0.2, 0) is 6.42 Å². The number of nitrogens with zero attached hydrogens (tertiary/aromatic N) is 3. The van der Waals surface area contributed by atoms with Gasteiger partial charge in [0.2, 0.25) is 0 Å². The first-order valence-corrected chi connectivity index (χ1v) is 8.00. The third kappa shape index (κ3) is 2.95. The summed E-state index contributed by atoms with van der Waals surface area (Å²) in [5.41, 5.74) is 2.93. The number of pyridine rings is 2. The van der Waals surface area contributed by atoms with Crippen LogP contribution in [0, 0.1) is 6.92 Å².